The van der Waals surface area contributed by atoms with Gasteiger partial charge in [-0.2, -0.15) is 0 Å². The van der Waals surface area contributed by atoms with Crippen LogP contribution in [0.5, 0.6) is 0 Å². The Balaban J connectivity index is 2.46. The number of nitrogens with one attached hydrogen (secondary N) is 1. The molecule has 2 nitrogen and oxygen atoms in total. The first kappa shape index (κ1) is 14.0. The maximum absolute atomic E-state index is 5.57. The van der Waals surface area contributed by atoms with Gasteiger partial charge in [0.15, 0.2) is 0 Å². The summed E-state index contributed by atoms with van der Waals surface area (Å²) in [7, 11) is 0. The van der Waals surface area contributed by atoms with Gasteiger partial charge in [0.2, 0.25) is 0 Å². The number of hydrogen-bond donors (Lipinski definition) is 2. The van der Waals surface area contributed by atoms with Gasteiger partial charge in [0.05, 0.1) is 0 Å². The molecule has 0 saturated heterocycles. The van der Waals surface area contributed by atoms with Gasteiger partial charge in [-0.15, -0.1) is 11.8 Å². The molecule has 1 aromatic rings. The van der Waals surface area contributed by atoms with E-state index in [4.69, 9.17) is 5.84 Å². The summed E-state index contributed by atoms with van der Waals surface area (Å²) < 4.78 is 1.12. The largest absolute Gasteiger partial charge is 0.271 e. The predicted octanol–water partition coefficient (Wildman–Crippen LogP) is 3.42. The fourth-order valence-electron chi connectivity index (χ4n) is 1.38. The van der Waals surface area contributed by atoms with Crippen LogP contribution in [0.2, 0.25) is 0 Å². The summed E-state index contributed by atoms with van der Waals surface area (Å²) in [6, 6.07) is 8.75. The van der Waals surface area contributed by atoms with Crippen molar-refractivity contribution in [1.29, 1.82) is 0 Å². The van der Waals surface area contributed by atoms with E-state index in [-0.39, 0.29) is 0 Å². The molecule has 0 aliphatic carbocycles. The maximum Gasteiger partial charge on any atom is 0.0330 e. The van der Waals surface area contributed by atoms with E-state index in [1.54, 1.807) is 0 Å². The Kier molecular flexibility index (Phi) is 6.43. The standard InChI is InChI=1S/C12H19BrN2S/c1-3-9(2)12(15-14)8-16-11-6-4-10(13)5-7-11/h4-7,9,12,15H,3,8,14H2,1-2H3. The Hall–Kier alpha value is -0.0300. The van der Waals surface area contributed by atoms with Crippen LogP contribution >= 0.6 is 27.7 Å². The quantitative estimate of drug-likeness (QED) is 0.480. The van der Waals surface area contributed by atoms with Crippen molar-refractivity contribution in [2.45, 2.75) is 31.2 Å². The summed E-state index contributed by atoms with van der Waals surface area (Å²) in [6.45, 7) is 4.42. The van der Waals surface area contributed by atoms with Crippen LogP contribution in [0, 0.1) is 5.92 Å². The minimum Gasteiger partial charge on any atom is -0.271 e. The Morgan fingerprint density at radius 2 is 2.00 bits per heavy atom. The molecule has 0 heterocycles. The Morgan fingerprint density at radius 3 is 2.50 bits per heavy atom. The lowest BCUT2D eigenvalue weighted by atomic mass is 10.0. The fourth-order valence-corrected chi connectivity index (χ4v) is 2.77. The molecule has 0 aliphatic heterocycles. The lowest BCUT2D eigenvalue weighted by Crippen LogP contribution is -2.41. The van der Waals surface area contributed by atoms with Crippen molar-refractivity contribution in [3.05, 3.63) is 28.7 Å². The third-order valence-electron chi connectivity index (χ3n) is 2.79. The number of thioether (sulfide) groups is 1. The van der Waals surface area contributed by atoms with Gasteiger partial charge in [0.1, 0.15) is 0 Å². The molecule has 0 amide bonds. The van der Waals surface area contributed by atoms with Gasteiger partial charge in [-0.1, -0.05) is 36.2 Å². The lowest BCUT2D eigenvalue weighted by molar-refractivity contribution is 0.403. The van der Waals surface area contributed by atoms with Gasteiger partial charge >= 0.3 is 0 Å². The molecule has 16 heavy (non-hydrogen) atoms. The van der Waals surface area contributed by atoms with Gasteiger partial charge in [-0.3, -0.25) is 11.3 Å². The van der Waals surface area contributed by atoms with E-state index in [2.05, 4.69) is 59.5 Å². The fraction of sp³-hybridized carbons (Fsp3) is 0.500. The number of hydrogen-bond acceptors (Lipinski definition) is 3. The molecule has 0 aromatic heterocycles. The molecule has 0 radical (unpaired) electrons. The van der Waals surface area contributed by atoms with Crippen molar-refractivity contribution < 1.29 is 0 Å². The van der Waals surface area contributed by atoms with Gasteiger partial charge in [-0.05, 0) is 30.2 Å². The highest BCUT2D eigenvalue weighted by Crippen LogP contribution is 2.23. The smallest absolute Gasteiger partial charge is 0.0330 e. The van der Waals surface area contributed by atoms with Crippen LogP contribution in [0.25, 0.3) is 0 Å². The van der Waals surface area contributed by atoms with Crippen LogP contribution in [0.1, 0.15) is 20.3 Å². The third kappa shape index (κ3) is 4.45. The van der Waals surface area contributed by atoms with Crippen molar-refractivity contribution in [3.8, 4) is 0 Å². The monoisotopic (exact) mass is 302 g/mol. The number of hydrazine groups is 1. The molecule has 0 spiro atoms. The third-order valence-corrected chi connectivity index (χ3v) is 4.45. The molecule has 1 rings (SSSR count). The first-order chi connectivity index (χ1) is 7.67. The van der Waals surface area contributed by atoms with Crippen LogP contribution in [-0.4, -0.2) is 11.8 Å². The molecular weight excluding hydrogens is 284 g/mol. The van der Waals surface area contributed by atoms with E-state index in [1.165, 1.54) is 4.90 Å². The molecule has 2 unspecified atom stereocenters. The van der Waals surface area contributed by atoms with E-state index >= 15 is 0 Å². The van der Waals surface area contributed by atoms with Crippen molar-refractivity contribution in [1.82, 2.24) is 5.43 Å². The van der Waals surface area contributed by atoms with Crippen LogP contribution < -0.4 is 11.3 Å². The number of benzene rings is 1. The van der Waals surface area contributed by atoms with E-state index in [0.29, 0.717) is 12.0 Å². The second kappa shape index (κ2) is 7.33. The van der Waals surface area contributed by atoms with E-state index in [0.717, 1.165) is 16.6 Å². The Labute approximate surface area is 110 Å². The highest BCUT2D eigenvalue weighted by atomic mass is 79.9. The van der Waals surface area contributed by atoms with E-state index in [1.807, 2.05) is 11.8 Å². The zero-order valence-corrected chi connectivity index (χ0v) is 12.1. The van der Waals surface area contributed by atoms with Gasteiger partial charge in [-0.25, -0.2) is 0 Å². The van der Waals surface area contributed by atoms with E-state index in [9.17, 15) is 0 Å². The molecule has 2 atom stereocenters. The van der Waals surface area contributed by atoms with Gasteiger partial charge < -0.3 is 0 Å². The van der Waals surface area contributed by atoms with Crippen LogP contribution in [0.15, 0.2) is 33.6 Å². The molecule has 0 aliphatic rings. The summed E-state index contributed by atoms with van der Waals surface area (Å²) in [4.78, 5) is 1.28. The van der Waals surface area contributed by atoms with Crippen LogP contribution in [0.4, 0.5) is 0 Å². The average molecular weight is 303 g/mol. The first-order valence-corrected chi connectivity index (χ1v) is 7.29. The molecule has 0 bridgehead atoms. The summed E-state index contributed by atoms with van der Waals surface area (Å²) in [6.07, 6.45) is 1.15. The zero-order valence-electron chi connectivity index (χ0n) is 9.74. The van der Waals surface area contributed by atoms with Crippen molar-refractivity contribution >= 4 is 27.7 Å². The summed E-state index contributed by atoms with van der Waals surface area (Å²) >= 11 is 5.27. The molecule has 0 saturated carbocycles. The van der Waals surface area contributed by atoms with Crippen molar-refractivity contribution in [2.75, 3.05) is 5.75 Å². The SMILES string of the molecule is CCC(C)C(CSc1ccc(Br)cc1)NN. The highest BCUT2D eigenvalue weighted by molar-refractivity contribution is 9.10. The molecule has 90 valence electrons. The molecule has 3 N–H and O–H groups in total. The normalized spacial score (nSPS) is 14.8. The molecule has 0 fully saturated rings. The Morgan fingerprint density at radius 1 is 1.38 bits per heavy atom. The van der Waals surface area contributed by atoms with Crippen LogP contribution in [0.3, 0.4) is 0 Å². The Bertz CT molecular complexity index is 302. The van der Waals surface area contributed by atoms with Crippen molar-refractivity contribution in [2.24, 2.45) is 11.8 Å². The summed E-state index contributed by atoms with van der Waals surface area (Å²) in [5.74, 6) is 7.18. The number of rotatable bonds is 6. The zero-order chi connectivity index (χ0) is 12.0. The predicted molar refractivity (Wildman–Crippen MR) is 75.4 cm³/mol. The van der Waals surface area contributed by atoms with E-state index < -0.39 is 0 Å². The molecule has 1 aromatic carbocycles. The van der Waals surface area contributed by atoms with Gasteiger partial charge in [0, 0.05) is 21.2 Å². The van der Waals surface area contributed by atoms with Crippen LogP contribution in [-0.2, 0) is 0 Å². The molecular formula is C12H19BrN2S. The number of halogens is 1. The number of nitrogens with two attached hydrogens (primary N) is 1. The lowest BCUT2D eigenvalue weighted by Gasteiger charge is -2.21. The minimum absolute atomic E-state index is 0.374. The summed E-state index contributed by atoms with van der Waals surface area (Å²) in [5.41, 5.74) is 2.90. The van der Waals surface area contributed by atoms with Gasteiger partial charge in [0.25, 0.3) is 0 Å². The summed E-state index contributed by atoms with van der Waals surface area (Å²) in [5, 5.41) is 0. The first-order valence-electron chi connectivity index (χ1n) is 5.51. The maximum atomic E-state index is 5.57. The topological polar surface area (TPSA) is 38.0 Å². The van der Waals surface area contributed by atoms with Crippen molar-refractivity contribution in [3.63, 3.8) is 0 Å². The minimum atomic E-state index is 0.374. The average Bonchev–Trinajstić information content (AvgIpc) is 2.31. The highest BCUT2D eigenvalue weighted by Gasteiger charge is 2.13. The molecule has 4 heteroatoms. The second-order valence-corrected chi connectivity index (χ2v) is 5.93. The second-order valence-electron chi connectivity index (χ2n) is 3.92.